The Bertz CT molecular complexity index is 652. The molecule has 3 heterocycles. The summed E-state index contributed by atoms with van der Waals surface area (Å²) in [5, 5.41) is 10.4. The summed E-state index contributed by atoms with van der Waals surface area (Å²) < 4.78 is 16.8. The first-order valence-electron chi connectivity index (χ1n) is 7.52. The van der Waals surface area contributed by atoms with Crippen LogP contribution in [0, 0.1) is 0 Å². The Morgan fingerprint density at radius 2 is 1.74 bits per heavy atom. The van der Waals surface area contributed by atoms with Crippen molar-refractivity contribution in [2.75, 3.05) is 6.54 Å². The number of fused-ring (bicyclic) bond motifs is 2. The zero-order chi connectivity index (χ0) is 16.4. The molecule has 0 radical (unpaired) electrons. The van der Waals surface area contributed by atoms with Crippen molar-refractivity contribution in [3.63, 3.8) is 0 Å². The van der Waals surface area contributed by atoms with E-state index in [0.717, 1.165) is 4.90 Å². The monoisotopic (exact) mass is 319 g/mol. The van der Waals surface area contributed by atoms with Gasteiger partial charge in [0.15, 0.2) is 12.1 Å². The van der Waals surface area contributed by atoms with Gasteiger partial charge in [0.2, 0.25) is 0 Å². The van der Waals surface area contributed by atoms with Crippen molar-refractivity contribution < 1.29 is 28.9 Å². The van der Waals surface area contributed by atoms with Gasteiger partial charge in [0.25, 0.3) is 11.8 Å². The minimum absolute atomic E-state index is 0.0341. The number of aliphatic hydroxyl groups excluding tert-OH is 1. The van der Waals surface area contributed by atoms with Crippen LogP contribution in [0.4, 0.5) is 0 Å². The van der Waals surface area contributed by atoms with E-state index in [1.165, 1.54) is 0 Å². The largest absolute Gasteiger partial charge is 0.387 e. The standard InChI is InChI=1S/C16H17NO6/c1-16(2)22-12-11(18)10(21-15(12)23-16)7-17-13(19)8-5-3-4-6-9(8)14(17)20/h3-6,10-12,15,18H,7H2,1-2H3/t10-,11+,12-,15-/m1/s1. The van der Waals surface area contributed by atoms with Crippen LogP contribution in [0.3, 0.4) is 0 Å². The van der Waals surface area contributed by atoms with Gasteiger partial charge >= 0.3 is 0 Å². The Kier molecular flexibility index (Phi) is 3.11. The molecular formula is C16H17NO6. The molecule has 3 aliphatic rings. The van der Waals surface area contributed by atoms with Crippen molar-refractivity contribution in [1.82, 2.24) is 4.90 Å². The van der Waals surface area contributed by atoms with E-state index >= 15 is 0 Å². The second-order valence-electron chi connectivity index (χ2n) is 6.40. The van der Waals surface area contributed by atoms with Gasteiger partial charge in [-0.1, -0.05) is 12.1 Å². The molecule has 1 aromatic rings. The predicted molar refractivity (Wildman–Crippen MR) is 76.5 cm³/mol. The zero-order valence-corrected chi connectivity index (χ0v) is 12.8. The van der Waals surface area contributed by atoms with E-state index in [0.29, 0.717) is 11.1 Å². The number of aliphatic hydroxyl groups is 1. The number of nitrogens with zero attached hydrogens (tertiary/aromatic N) is 1. The van der Waals surface area contributed by atoms with Crippen LogP contribution < -0.4 is 0 Å². The van der Waals surface area contributed by atoms with Gasteiger partial charge in [-0.15, -0.1) is 0 Å². The van der Waals surface area contributed by atoms with E-state index in [1.807, 2.05) is 0 Å². The van der Waals surface area contributed by atoms with Gasteiger partial charge in [-0.05, 0) is 26.0 Å². The minimum Gasteiger partial charge on any atom is -0.387 e. The van der Waals surface area contributed by atoms with Crippen LogP contribution in [0.5, 0.6) is 0 Å². The molecule has 23 heavy (non-hydrogen) atoms. The molecule has 0 unspecified atom stereocenters. The van der Waals surface area contributed by atoms with Crippen LogP contribution in [0.15, 0.2) is 24.3 Å². The van der Waals surface area contributed by atoms with E-state index in [9.17, 15) is 14.7 Å². The molecule has 1 aromatic carbocycles. The number of hydrogen-bond acceptors (Lipinski definition) is 6. The maximum Gasteiger partial charge on any atom is 0.261 e. The fraction of sp³-hybridized carbons (Fsp3) is 0.500. The summed E-state index contributed by atoms with van der Waals surface area (Å²) in [6, 6.07) is 6.65. The van der Waals surface area contributed by atoms with Crippen molar-refractivity contribution in [3.05, 3.63) is 35.4 Å². The Morgan fingerprint density at radius 1 is 1.13 bits per heavy atom. The predicted octanol–water partition coefficient (Wildman–Crippen LogP) is 0.520. The highest BCUT2D eigenvalue weighted by Crippen LogP contribution is 2.38. The van der Waals surface area contributed by atoms with Crippen LogP contribution in [-0.4, -0.2) is 58.8 Å². The smallest absolute Gasteiger partial charge is 0.261 e. The van der Waals surface area contributed by atoms with Gasteiger partial charge in [-0.2, -0.15) is 0 Å². The normalized spacial score (nSPS) is 34.8. The first kappa shape index (κ1) is 14.8. The van der Waals surface area contributed by atoms with Crippen LogP contribution >= 0.6 is 0 Å². The lowest BCUT2D eigenvalue weighted by atomic mass is 10.1. The average Bonchev–Trinajstić information content (AvgIpc) is 3.05. The molecule has 0 bridgehead atoms. The lowest BCUT2D eigenvalue weighted by molar-refractivity contribution is -0.215. The molecule has 7 nitrogen and oxygen atoms in total. The topological polar surface area (TPSA) is 85.3 Å². The first-order chi connectivity index (χ1) is 10.9. The Hall–Kier alpha value is -1.80. The molecule has 2 amide bonds. The number of carbonyl (C=O) groups excluding carboxylic acids is 2. The summed E-state index contributed by atoms with van der Waals surface area (Å²) in [4.78, 5) is 25.8. The van der Waals surface area contributed by atoms with Gasteiger partial charge in [-0.25, -0.2) is 0 Å². The Morgan fingerprint density at radius 3 is 2.30 bits per heavy atom. The first-order valence-corrected chi connectivity index (χ1v) is 7.52. The van der Waals surface area contributed by atoms with Crippen LogP contribution in [0.25, 0.3) is 0 Å². The number of rotatable bonds is 2. The van der Waals surface area contributed by atoms with Crippen LogP contribution in [-0.2, 0) is 14.2 Å². The molecule has 0 spiro atoms. The third-order valence-corrected chi connectivity index (χ3v) is 4.36. The lowest BCUT2D eigenvalue weighted by Gasteiger charge is -2.25. The fourth-order valence-corrected chi connectivity index (χ4v) is 3.29. The maximum atomic E-state index is 12.4. The molecule has 2 fully saturated rings. The van der Waals surface area contributed by atoms with E-state index in [2.05, 4.69) is 0 Å². The van der Waals surface area contributed by atoms with Gasteiger partial charge in [0.1, 0.15) is 18.3 Å². The molecule has 3 aliphatic heterocycles. The number of benzene rings is 1. The zero-order valence-electron chi connectivity index (χ0n) is 12.8. The van der Waals surface area contributed by atoms with Crippen molar-refractivity contribution in [1.29, 1.82) is 0 Å². The highest BCUT2D eigenvalue weighted by atomic mass is 16.8. The van der Waals surface area contributed by atoms with Gasteiger partial charge < -0.3 is 19.3 Å². The molecule has 122 valence electrons. The highest BCUT2D eigenvalue weighted by Gasteiger charge is 2.55. The number of ether oxygens (including phenoxy) is 3. The van der Waals surface area contributed by atoms with Crippen molar-refractivity contribution in [3.8, 4) is 0 Å². The summed E-state index contributed by atoms with van der Waals surface area (Å²) >= 11 is 0. The second kappa shape index (κ2) is 4.85. The molecule has 4 atom stereocenters. The van der Waals surface area contributed by atoms with E-state index in [4.69, 9.17) is 14.2 Å². The van der Waals surface area contributed by atoms with E-state index < -0.39 is 30.4 Å². The van der Waals surface area contributed by atoms with E-state index in [-0.39, 0.29) is 18.4 Å². The van der Waals surface area contributed by atoms with Crippen molar-refractivity contribution in [2.24, 2.45) is 0 Å². The Labute approximate surface area is 132 Å². The maximum absolute atomic E-state index is 12.4. The fourth-order valence-electron chi connectivity index (χ4n) is 3.29. The molecule has 0 aliphatic carbocycles. The second-order valence-corrected chi connectivity index (χ2v) is 6.40. The third-order valence-electron chi connectivity index (χ3n) is 4.36. The molecule has 7 heteroatoms. The molecule has 0 saturated carbocycles. The number of imide groups is 1. The average molecular weight is 319 g/mol. The summed E-state index contributed by atoms with van der Waals surface area (Å²) in [5.74, 6) is -1.57. The van der Waals surface area contributed by atoms with Crippen molar-refractivity contribution in [2.45, 2.75) is 44.2 Å². The summed E-state index contributed by atoms with van der Waals surface area (Å²) in [5.41, 5.74) is 0.748. The quantitative estimate of drug-likeness (QED) is 0.800. The number of hydrogen-bond donors (Lipinski definition) is 1. The van der Waals surface area contributed by atoms with Gasteiger partial charge in [0.05, 0.1) is 17.7 Å². The molecular weight excluding hydrogens is 302 g/mol. The van der Waals surface area contributed by atoms with Crippen LogP contribution in [0.2, 0.25) is 0 Å². The van der Waals surface area contributed by atoms with E-state index in [1.54, 1.807) is 38.1 Å². The summed E-state index contributed by atoms with van der Waals surface area (Å²) in [6.45, 7) is 3.44. The summed E-state index contributed by atoms with van der Waals surface area (Å²) in [7, 11) is 0. The molecule has 0 aromatic heterocycles. The van der Waals surface area contributed by atoms with Gasteiger partial charge in [0, 0.05) is 0 Å². The minimum atomic E-state index is -0.967. The number of carbonyl (C=O) groups is 2. The highest BCUT2D eigenvalue weighted by molar-refractivity contribution is 6.21. The SMILES string of the molecule is CC1(C)O[C@H]2O[C@H](CN3C(=O)c4ccccc4C3=O)[C@H](O)[C@H]2O1. The molecule has 1 N–H and O–H groups in total. The van der Waals surface area contributed by atoms with Crippen LogP contribution in [0.1, 0.15) is 34.6 Å². The third kappa shape index (κ3) is 2.20. The van der Waals surface area contributed by atoms with Gasteiger partial charge in [-0.3, -0.25) is 14.5 Å². The lowest BCUT2D eigenvalue weighted by Crippen LogP contribution is -2.43. The summed E-state index contributed by atoms with van der Waals surface area (Å²) in [6.07, 6.45) is -3.01. The molecule has 2 saturated heterocycles. The number of amides is 2. The molecule has 4 rings (SSSR count). The Balaban J connectivity index is 1.51. The van der Waals surface area contributed by atoms with Crippen molar-refractivity contribution >= 4 is 11.8 Å².